The highest BCUT2D eigenvalue weighted by atomic mass is 127. The molecule has 0 unspecified atom stereocenters. The third-order valence-corrected chi connectivity index (χ3v) is 3.88. The number of guanidine groups is 1. The number of hydrogen-bond donors (Lipinski definition) is 1. The molecule has 5 heteroatoms. The molecule has 1 saturated heterocycles. The summed E-state index contributed by atoms with van der Waals surface area (Å²) in [6, 6.07) is 0. The number of thioether (sulfide) groups is 1. The summed E-state index contributed by atoms with van der Waals surface area (Å²) in [6.45, 7) is 10.4. The van der Waals surface area contributed by atoms with Crippen molar-refractivity contribution in [1.82, 2.24) is 10.2 Å². The third kappa shape index (κ3) is 6.19. The van der Waals surface area contributed by atoms with E-state index >= 15 is 0 Å². The van der Waals surface area contributed by atoms with Crippen LogP contribution in [-0.2, 0) is 0 Å². The molecule has 3 nitrogen and oxygen atoms in total. The van der Waals surface area contributed by atoms with Crippen LogP contribution in [0.3, 0.4) is 0 Å². The Hall–Kier alpha value is -0.0900. The van der Waals surface area contributed by atoms with Crippen LogP contribution < -0.4 is 5.32 Å². The third-order valence-electron chi connectivity index (χ3n) is 2.58. The largest absolute Gasteiger partial charge is 0.357 e. The standard InChI is InChI=1S/C13H23N3S.HI/c1-5-7-8-15-12(14-6-2)16-9-10-17-13(3,4)11-16;/h1H,6-11H2,2-4H3,(H,14,15);1H. The molecule has 0 radical (unpaired) electrons. The Kier molecular flexibility index (Phi) is 8.87. The second kappa shape index (κ2) is 8.92. The minimum atomic E-state index is 0. The van der Waals surface area contributed by atoms with Crippen LogP contribution in [-0.4, -0.2) is 47.5 Å². The Labute approximate surface area is 133 Å². The topological polar surface area (TPSA) is 27.6 Å². The zero-order valence-electron chi connectivity index (χ0n) is 11.5. The van der Waals surface area contributed by atoms with Gasteiger partial charge in [-0.15, -0.1) is 36.3 Å². The number of hydrogen-bond acceptors (Lipinski definition) is 2. The maximum atomic E-state index is 5.25. The predicted molar refractivity (Wildman–Crippen MR) is 93.0 cm³/mol. The van der Waals surface area contributed by atoms with Crippen LogP contribution in [0.25, 0.3) is 0 Å². The number of rotatable bonds is 3. The van der Waals surface area contributed by atoms with Gasteiger partial charge >= 0.3 is 0 Å². The second-order valence-corrected chi connectivity index (χ2v) is 6.52. The smallest absolute Gasteiger partial charge is 0.194 e. The van der Waals surface area contributed by atoms with Crippen molar-refractivity contribution in [1.29, 1.82) is 0 Å². The number of nitrogens with one attached hydrogen (secondary N) is 1. The van der Waals surface area contributed by atoms with Crippen LogP contribution in [0.2, 0.25) is 0 Å². The van der Waals surface area contributed by atoms with Crippen LogP contribution in [0.4, 0.5) is 0 Å². The lowest BCUT2D eigenvalue weighted by atomic mass is 10.2. The van der Waals surface area contributed by atoms with E-state index in [1.807, 2.05) is 11.8 Å². The van der Waals surface area contributed by atoms with Gasteiger partial charge in [-0.3, -0.25) is 4.99 Å². The van der Waals surface area contributed by atoms with Gasteiger partial charge in [0.05, 0.1) is 6.54 Å². The fourth-order valence-electron chi connectivity index (χ4n) is 1.85. The maximum Gasteiger partial charge on any atom is 0.194 e. The molecule has 0 aliphatic carbocycles. The number of nitrogens with zero attached hydrogens (tertiary/aromatic N) is 2. The summed E-state index contributed by atoms with van der Waals surface area (Å²) in [5.74, 6) is 4.80. The lowest BCUT2D eigenvalue weighted by Crippen LogP contribution is -2.51. The van der Waals surface area contributed by atoms with Gasteiger partial charge in [0.15, 0.2) is 5.96 Å². The SMILES string of the molecule is C#CCCN=C(NCC)N1CCSC(C)(C)C1.I. The lowest BCUT2D eigenvalue weighted by Gasteiger charge is -2.39. The van der Waals surface area contributed by atoms with Gasteiger partial charge < -0.3 is 10.2 Å². The Bertz CT molecular complexity index is 310. The van der Waals surface area contributed by atoms with Gasteiger partial charge in [-0.25, -0.2) is 0 Å². The summed E-state index contributed by atoms with van der Waals surface area (Å²) in [5, 5.41) is 3.35. The molecule has 104 valence electrons. The van der Waals surface area contributed by atoms with Crippen LogP contribution in [0, 0.1) is 12.3 Å². The molecule has 0 amide bonds. The Morgan fingerprint density at radius 3 is 2.83 bits per heavy atom. The van der Waals surface area contributed by atoms with E-state index < -0.39 is 0 Å². The summed E-state index contributed by atoms with van der Waals surface area (Å²) in [4.78, 5) is 6.92. The summed E-state index contributed by atoms with van der Waals surface area (Å²) < 4.78 is 0.306. The van der Waals surface area contributed by atoms with Gasteiger partial charge in [-0.2, -0.15) is 11.8 Å². The average molecular weight is 381 g/mol. The van der Waals surface area contributed by atoms with Crippen molar-refractivity contribution in [2.45, 2.75) is 31.9 Å². The Morgan fingerprint density at radius 2 is 2.28 bits per heavy atom. The van der Waals surface area contributed by atoms with Crippen molar-refractivity contribution in [2.24, 2.45) is 4.99 Å². The molecule has 0 aromatic heterocycles. The summed E-state index contributed by atoms with van der Waals surface area (Å²) in [5.41, 5.74) is 0. The van der Waals surface area contributed by atoms with E-state index in [0.717, 1.165) is 31.3 Å². The van der Waals surface area contributed by atoms with E-state index in [2.05, 4.69) is 41.9 Å². The van der Waals surface area contributed by atoms with E-state index in [-0.39, 0.29) is 24.0 Å². The zero-order valence-corrected chi connectivity index (χ0v) is 14.7. The van der Waals surface area contributed by atoms with Crippen molar-refractivity contribution in [3.8, 4) is 12.3 Å². The summed E-state index contributed by atoms with van der Waals surface area (Å²) in [6.07, 6.45) is 5.96. The molecule has 1 aliphatic heterocycles. The first kappa shape index (κ1) is 17.9. The molecule has 1 fully saturated rings. The molecule has 0 aromatic rings. The van der Waals surface area contributed by atoms with Gasteiger partial charge in [0.2, 0.25) is 0 Å². The van der Waals surface area contributed by atoms with Crippen LogP contribution in [0.15, 0.2) is 4.99 Å². The van der Waals surface area contributed by atoms with Gasteiger partial charge in [0, 0.05) is 36.6 Å². The van der Waals surface area contributed by atoms with Gasteiger partial charge in [0.25, 0.3) is 0 Å². The first-order valence-electron chi connectivity index (χ1n) is 6.20. The first-order chi connectivity index (χ1) is 8.09. The van der Waals surface area contributed by atoms with Crippen molar-refractivity contribution < 1.29 is 0 Å². The van der Waals surface area contributed by atoms with Gasteiger partial charge in [-0.1, -0.05) is 0 Å². The molecule has 0 aromatic carbocycles. The van der Waals surface area contributed by atoms with E-state index in [0.29, 0.717) is 17.7 Å². The molecule has 0 saturated carbocycles. The second-order valence-electron chi connectivity index (χ2n) is 4.72. The number of aliphatic imine (C=N–C) groups is 1. The molecule has 1 rings (SSSR count). The highest BCUT2D eigenvalue weighted by molar-refractivity contribution is 14.0. The lowest BCUT2D eigenvalue weighted by molar-refractivity contribution is 0.376. The Balaban J connectivity index is 0.00000289. The predicted octanol–water partition coefficient (Wildman–Crippen LogP) is 2.42. The van der Waals surface area contributed by atoms with Crippen LogP contribution in [0.5, 0.6) is 0 Å². The van der Waals surface area contributed by atoms with Crippen molar-refractivity contribution >= 4 is 41.7 Å². The van der Waals surface area contributed by atoms with Crippen LogP contribution in [0.1, 0.15) is 27.2 Å². The highest BCUT2D eigenvalue weighted by Crippen LogP contribution is 2.29. The van der Waals surface area contributed by atoms with E-state index in [1.54, 1.807) is 0 Å². The monoisotopic (exact) mass is 381 g/mol. The van der Waals surface area contributed by atoms with Crippen molar-refractivity contribution in [3.63, 3.8) is 0 Å². The fourth-order valence-corrected chi connectivity index (χ4v) is 2.96. The molecular weight excluding hydrogens is 357 g/mol. The molecule has 1 N–H and O–H groups in total. The number of halogens is 1. The fraction of sp³-hybridized carbons (Fsp3) is 0.769. The van der Waals surface area contributed by atoms with Gasteiger partial charge in [-0.05, 0) is 20.8 Å². The van der Waals surface area contributed by atoms with E-state index in [4.69, 9.17) is 6.42 Å². The van der Waals surface area contributed by atoms with E-state index in [1.165, 1.54) is 0 Å². The maximum absolute atomic E-state index is 5.25. The Morgan fingerprint density at radius 1 is 1.56 bits per heavy atom. The van der Waals surface area contributed by atoms with Crippen molar-refractivity contribution in [3.05, 3.63) is 0 Å². The minimum Gasteiger partial charge on any atom is -0.357 e. The highest BCUT2D eigenvalue weighted by Gasteiger charge is 2.28. The normalized spacial score (nSPS) is 18.8. The average Bonchev–Trinajstić information content (AvgIpc) is 2.27. The van der Waals surface area contributed by atoms with Gasteiger partial charge in [0.1, 0.15) is 0 Å². The zero-order chi connectivity index (χ0) is 12.7. The van der Waals surface area contributed by atoms with Crippen LogP contribution >= 0.6 is 35.7 Å². The number of terminal acetylenes is 1. The molecule has 0 spiro atoms. The van der Waals surface area contributed by atoms with Crippen molar-refractivity contribution in [2.75, 3.05) is 31.9 Å². The molecule has 18 heavy (non-hydrogen) atoms. The molecule has 1 aliphatic rings. The van der Waals surface area contributed by atoms with E-state index in [9.17, 15) is 0 Å². The molecule has 0 atom stereocenters. The molecule has 0 bridgehead atoms. The molecule has 1 heterocycles. The summed E-state index contributed by atoms with van der Waals surface area (Å²) in [7, 11) is 0. The minimum absolute atomic E-state index is 0. The first-order valence-corrected chi connectivity index (χ1v) is 7.18. The summed E-state index contributed by atoms with van der Waals surface area (Å²) >= 11 is 2.03. The molecular formula is C13H24IN3S. The quantitative estimate of drug-likeness (QED) is 0.268.